The van der Waals surface area contributed by atoms with Crippen molar-refractivity contribution >= 4 is 32.6 Å². The van der Waals surface area contributed by atoms with Crippen LogP contribution >= 0.6 is 0 Å². The highest BCUT2D eigenvalue weighted by atomic mass is 32.2. The maximum absolute atomic E-state index is 12.0. The molecule has 0 aromatic carbocycles. The summed E-state index contributed by atoms with van der Waals surface area (Å²) < 4.78 is 38.5. The smallest absolute Gasteiger partial charge is 0.181 e. The summed E-state index contributed by atoms with van der Waals surface area (Å²) in [7, 11) is -4.14. The molecule has 8 heteroatoms. The highest BCUT2D eigenvalue weighted by molar-refractivity contribution is 7.97. The second-order valence-electron chi connectivity index (χ2n) is 8.15. The van der Waals surface area contributed by atoms with E-state index in [0.29, 0.717) is 35.9 Å². The van der Waals surface area contributed by atoms with E-state index in [9.17, 15) is 22.6 Å². The van der Waals surface area contributed by atoms with Crippen LogP contribution < -0.4 is 0 Å². The average Bonchev–Trinajstić information content (AvgIpc) is 2.87. The Labute approximate surface area is 159 Å². The van der Waals surface area contributed by atoms with E-state index in [1.165, 1.54) is 0 Å². The first-order valence-electron chi connectivity index (χ1n) is 9.17. The zero-order valence-electron chi connectivity index (χ0n) is 16.1. The monoisotopic (exact) mass is 406 g/mol. The quantitative estimate of drug-likeness (QED) is 0.518. The van der Waals surface area contributed by atoms with Crippen LogP contribution in [0, 0.1) is 16.7 Å². The molecule has 3 fully saturated rings. The van der Waals surface area contributed by atoms with E-state index in [4.69, 9.17) is 4.74 Å². The van der Waals surface area contributed by atoms with Gasteiger partial charge in [-0.2, -0.15) is 0 Å². The molecule has 3 aliphatic rings. The fourth-order valence-electron chi connectivity index (χ4n) is 4.37. The first-order valence-corrected chi connectivity index (χ1v) is 12.4. The fourth-order valence-corrected chi connectivity index (χ4v) is 7.63. The van der Waals surface area contributed by atoms with Gasteiger partial charge in [-0.1, -0.05) is 27.7 Å². The Balaban J connectivity index is 0.000000197. The molecule has 2 aliphatic carbocycles. The molecular weight excluding hydrogens is 376 g/mol. The highest BCUT2D eigenvalue weighted by Crippen LogP contribution is 2.64. The second-order valence-corrected chi connectivity index (χ2v) is 12.0. The molecule has 0 radical (unpaired) electrons. The number of rotatable bonds is 4. The lowest BCUT2D eigenvalue weighted by Gasteiger charge is -2.32. The van der Waals surface area contributed by atoms with Gasteiger partial charge in [0.05, 0.1) is 13.2 Å². The third kappa shape index (κ3) is 4.03. The molecule has 2 bridgehead atoms. The molecular formula is C18H30O6S2. The minimum Gasteiger partial charge on any atom is -0.747 e. The summed E-state index contributed by atoms with van der Waals surface area (Å²) in [6.45, 7) is 9.24. The van der Waals surface area contributed by atoms with Gasteiger partial charge in [-0.3, -0.25) is 9.59 Å². The minimum atomic E-state index is -4.49. The van der Waals surface area contributed by atoms with Crippen molar-refractivity contribution in [2.45, 2.75) is 52.2 Å². The molecule has 0 spiro atoms. The molecule has 0 aromatic heterocycles. The van der Waals surface area contributed by atoms with Crippen molar-refractivity contribution in [1.29, 1.82) is 0 Å². The van der Waals surface area contributed by atoms with Crippen LogP contribution in [0.25, 0.3) is 0 Å². The summed E-state index contributed by atoms with van der Waals surface area (Å²) in [6, 6.07) is 0. The van der Waals surface area contributed by atoms with Crippen LogP contribution in [0.4, 0.5) is 0 Å². The average molecular weight is 407 g/mol. The van der Waals surface area contributed by atoms with Crippen LogP contribution in [0.3, 0.4) is 0 Å². The molecule has 1 heterocycles. The number of hydrogen-bond donors (Lipinski definition) is 0. The number of carbonyl (C=O) groups excluding carboxylic acids is 2. The highest BCUT2D eigenvalue weighted by Gasteiger charge is 2.67. The van der Waals surface area contributed by atoms with Gasteiger partial charge in [0.25, 0.3) is 0 Å². The SMILES string of the molecule is CC12CCC(C(S(=O)(=O)[O-])C1=O)C2(C)C.CCC(=O)C[S+]1CCOCC1. The van der Waals surface area contributed by atoms with Crippen molar-refractivity contribution in [1.82, 2.24) is 0 Å². The lowest BCUT2D eigenvalue weighted by Crippen LogP contribution is -2.38. The topological polar surface area (TPSA) is 101 Å². The second kappa shape index (κ2) is 7.89. The standard InChI is InChI=1S/C10H16O4S.C8H15O2S/c1-9(2)6-4-5-10(9,3)8(11)7(6)15(12,13)14;1-2-8(9)7-11-5-3-10-4-6-11/h6-7H,4-5H2,1-3H3,(H,12,13,14);2-7H2,1H3/q;+1/p-1. The van der Waals surface area contributed by atoms with E-state index in [2.05, 4.69) is 0 Å². The van der Waals surface area contributed by atoms with Gasteiger partial charge >= 0.3 is 0 Å². The van der Waals surface area contributed by atoms with Crippen molar-refractivity contribution < 1.29 is 27.3 Å². The Morgan fingerprint density at radius 1 is 1.27 bits per heavy atom. The van der Waals surface area contributed by atoms with Crippen molar-refractivity contribution in [2.24, 2.45) is 16.7 Å². The third-order valence-corrected chi connectivity index (χ3v) is 9.96. The van der Waals surface area contributed by atoms with Crippen LogP contribution in [0.1, 0.15) is 47.0 Å². The molecule has 3 unspecified atom stereocenters. The maximum Gasteiger partial charge on any atom is 0.181 e. The molecule has 0 aromatic rings. The molecule has 3 rings (SSSR count). The van der Waals surface area contributed by atoms with Gasteiger partial charge in [0.15, 0.2) is 17.3 Å². The van der Waals surface area contributed by atoms with Gasteiger partial charge < -0.3 is 9.29 Å². The Morgan fingerprint density at radius 3 is 2.23 bits per heavy atom. The third-order valence-electron chi connectivity index (χ3n) is 6.58. The molecule has 0 N–H and O–H groups in total. The molecule has 1 saturated heterocycles. The van der Waals surface area contributed by atoms with E-state index in [1.807, 2.05) is 20.8 Å². The summed E-state index contributed by atoms with van der Waals surface area (Å²) in [6.07, 6.45) is 2.07. The molecule has 150 valence electrons. The molecule has 0 amide bonds. The predicted molar refractivity (Wildman–Crippen MR) is 101 cm³/mol. The number of Topliss-reactive ketones (excluding diaryl/α,β-unsaturated/α-hetero) is 2. The molecule has 2 saturated carbocycles. The van der Waals surface area contributed by atoms with E-state index < -0.39 is 20.8 Å². The van der Waals surface area contributed by atoms with Crippen LogP contribution in [-0.4, -0.2) is 60.3 Å². The number of ketones is 2. The van der Waals surface area contributed by atoms with Gasteiger partial charge in [-0.05, 0) is 35.1 Å². The Morgan fingerprint density at radius 2 is 1.85 bits per heavy atom. The first-order chi connectivity index (χ1) is 11.9. The molecule has 6 nitrogen and oxygen atoms in total. The lowest BCUT2D eigenvalue weighted by molar-refractivity contribution is -0.128. The fraction of sp³-hybridized carbons (Fsp3) is 0.889. The van der Waals surface area contributed by atoms with Crippen molar-refractivity contribution in [3.05, 3.63) is 0 Å². The minimum absolute atomic E-state index is 0.294. The molecule has 26 heavy (non-hydrogen) atoms. The Bertz CT molecular complexity index is 651. The van der Waals surface area contributed by atoms with E-state index in [0.717, 1.165) is 30.5 Å². The van der Waals surface area contributed by atoms with Gasteiger partial charge in [0.1, 0.15) is 26.9 Å². The zero-order chi connectivity index (χ0) is 19.8. The van der Waals surface area contributed by atoms with E-state index >= 15 is 0 Å². The number of hydrogen-bond acceptors (Lipinski definition) is 6. The summed E-state index contributed by atoms with van der Waals surface area (Å²) in [5.74, 6) is 2.77. The van der Waals surface area contributed by atoms with Crippen molar-refractivity contribution in [3.63, 3.8) is 0 Å². The van der Waals surface area contributed by atoms with E-state index in [1.54, 1.807) is 6.92 Å². The summed E-state index contributed by atoms with van der Waals surface area (Å²) in [5.41, 5.74) is -0.994. The summed E-state index contributed by atoms with van der Waals surface area (Å²) >= 11 is 0. The van der Waals surface area contributed by atoms with Gasteiger partial charge in [-0.15, -0.1) is 0 Å². The predicted octanol–water partition coefficient (Wildman–Crippen LogP) is 1.54. The Kier molecular flexibility index (Phi) is 6.63. The summed E-state index contributed by atoms with van der Waals surface area (Å²) in [5, 5.41) is -1.30. The van der Waals surface area contributed by atoms with Crippen molar-refractivity contribution in [3.8, 4) is 0 Å². The number of ether oxygens (including phenoxy) is 1. The zero-order valence-corrected chi connectivity index (χ0v) is 17.7. The van der Waals surface area contributed by atoms with Crippen LogP contribution in [-0.2, 0) is 35.3 Å². The van der Waals surface area contributed by atoms with Crippen LogP contribution in [0.15, 0.2) is 0 Å². The van der Waals surface area contributed by atoms with Crippen LogP contribution in [0.2, 0.25) is 0 Å². The normalized spacial score (nSPS) is 33.7. The number of fused-ring (bicyclic) bond motifs is 2. The van der Waals surface area contributed by atoms with Gasteiger partial charge in [-0.25, -0.2) is 8.42 Å². The van der Waals surface area contributed by atoms with Crippen LogP contribution in [0.5, 0.6) is 0 Å². The largest absolute Gasteiger partial charge is 0.747 e. The van der Waals surface area contributed by atoms with E-state index in [-0.39, 0.29) is 17.1 Å². The molecule has 3 atom stereocenters. The van der Waals surface area contributed by atoms with Gasteiger partial charge in [0.2, 0.25) is 0 Å². The Hall–Kier alpha value is -0.440. The summed E-state index contributed by atoms with van der Waals surface area (Å²) in [4.78, 5) is 23.0. The van der Waals surface area contributed by atoms with Crippen molar-refractivity contribution in [2.75, 3.05) is 30.5 Å². The first kappa shape index (κ1) is 21.9. The maximum atomic E-state index is 12.0. The number of carbonyl (C=O) groups is 2. The van der Waals surface area contributed by atoms with Gasteiger partial charge in [0, 0.05) is 11.8 Å². The lowest BCUT2D eigenvalue weighted by atomic mass is 9.70. The molecule has 1 aliphatic heterocycles.